The smallest absolute Gasteiger partial charge is 0.217 e. The van der Waals surface area contributed by atoms with E-state index in [4.69, 9.17) is 42.6 Å². The molecule has 0 unspecified atom stereocenters. The number of methoxy groups -OCH3 is 1. The minimum atomic E-state index is -1.82. The van der Waals surface area contributed by atoms with Crippen molar-refractivity contribution in [3.63, 3.8) is 0 Å². The van der Waals surface area contributed by atoms with Gasteiger partial charge in [-0.3, -0.25) is 14.4 Å². The maximum atomic E-state index is 13.5. The van der Waals surface area contributed by atoms with Crippen LogP contribution in [0, 0.1) is 34.0 Å². The Balaban J connectivity index is 1.08. The van der Waals surface area contributed by atoms with E-state index in [1.165, 1.54) is 6.92 Å². The molecule has 0 aromatic heterocycles. The van der Waals surface area contributed by atoms with Crippen molar-refractivity contribution in [3.05, 3.63) is 22.8 Å². The summed E-state index contributed by atoms with van der Waals surface area (Å²) in [4.78, 5) is 38.2. The fourth-order valence-electron chi connectivity index (χ4n) is 15.4. The van der Waals surface area contributed by atoms with E-state index in [1.54, 1.807) is 13.2 Å². The van der Waals surface area contributed by atoms with Gasteiger partial charge < -0.3 is 104 Å². The summed E-state index contributed by atoms with van der Waals surface area (Å²) >= 11 is 0. The molecule has 7 fully saturated rings. The highest BCUT2D eigenvalue weighted by molar-refractivity contribution is 5.90. The van der Waals surface area contributed by atoms with Crippen molar-refractivity contribution in [3.8, 4) is 0 Å². The number of fused-ring (bicyclic) bond motifs is 4. The molecule has 8 aliphatic rings. The predicted molar refractivity (Wildman–Crippen MR) is 278 cm³/mol. The Hall–Kier alpha value is -2.67. The third-order valence-electron chi connectivity index (χ3n) is 19.6. The summed E-state index contributed by atoms with van der Waals surface area (Å²) < 4.78 is 55.7. The third kappa shape index (κ3) is 11.9. The topological polar surface area (TPSA) is 361 Å². The van der Waals surface area contributed by atoms with Crippen molar-refractivity contribution >= 4 is 17.6 Å². The second kappa shape index (κ2) is 24.7. The van der Waals surface area contributed by atoms with Crippen LogP contribution in [0.5, 0.6) is 0 Å². The molecule has 4 aliphatic carbocycles. The zero-order chi connectivity index (χ0) is 58.7. The van der Waals surface area contributed by atoms with Crippen LogP contribution < -0.4 is 10.6 Å². The van der Waals surface area contributed by atoms with E-state index in [-0.39, 0.29) is 35.1 Å². The fraction of sp³-hybridized carbons (Fsp3) is 0.875. The molecule has 456 valence electrons. The number of amides is 2. The molecule has 4 saturated heterocycles. The molecule has 0 radical (unpaired) electrons. The van der Waals surface area contributed by atoms with Gasteiger partial charge in [-0.1, -0.05) is 40.2 Å². The first-order chi connectivity index (χ1) is 37.5. The van der Waals surface area contributed by atoms with E-state index in [0.717, 1.165) is 30.1 Å². The SMILES string of the molecule is CO[C@@H]1C[C@H]([C@H](C)CC(=O)C=C(C)C)[C@@]2(C)CC[C@@]3(O)C(=C12)CC[C@H]1C(C)(C)[C@@H](O[C@@H]2OC[C@@H](O[C@@H]4O[C@H](CO)[C@H](O)[C@H](O)[C@H]4NC(C)=O)[C@H](O)[C@H]2O[C@@H]2O[C@H](CO[C@@H]4OC[C@@H](O)[C@H](O)[C@H]4O)[C@@H](O)[C@H](O)[C@H]2NC(C)=O)CC[C@@]13C. The number of carbonyl (C=O) groups excluding carboxylic acids is 3. The number of allylic oxidation sites excluding steroid dienone is 2. The summed E-state index contributed by atoms with van der Waals surface area (Å²) in [5, 5.41) is 117. The number of ketones is 1. The Bertz CT molecular complexity index is 2270. The van der Waals surface area contributed by atoms with E-state index in [9.17, 15) is 65.4 Å². The van der Waals surface area contributed by atoms with E-state index in [2.05, 4.69) is 45.3 Å². The Morgan fingerprint density at radius 3 is 1.95 bits per heavy atom. The van der Waals surface area contributed by atoms with Crippen molar-refractivity contribution in [2.24, 2.45) is 34.0 Å². The summed E-state index contributed by atoms with van der Waals surface area (Å²) in [6.45, 7) is 14.7. The lowest BCUT2D eigenvalue weighted by Gasteiger charge is -2.65. The molecule has 26 atom stereocenters. The minimum absolute atomic E-state index is 0.0808. The average Bonchev–Trinajstić information content (AvgIpc) is 3.71. The van der Waals surface area contributed by atoms with Gasteiger partial charge in [0.25, 0.3) is 0 Å². The van der Waals surface area contributed by atoms with Crippen LogP contribution in [0.3, 0.4) is 0 Å². The van der Waals surface area contributed by atoms with Crippen LogP contribution in [-0.2, 0) is 57.0 Å². The number of aliphatic hydroxyl groups is 10. The number of hydrogen-bond acceptors (Lipinski definition) is 22. The molecule has 12 N–H and O–H groups in total. The third-order valence-corrected chi connectivity index (χ3v) is 19.6. The molecule has 0 aromatic rings. The van der Waals surface area contributed by atoms with Gasteiger partial charge in [-0.25, -0.2) is 0 Å². The Morgan fingerprint density at radius 1 is 0.725 bits per heavy atom. The van der Waals surface area contributed by atoms with Crippen molar-refractivity contribution in [2.75, 3.05) is 33.5 Å². The number of hydrogen-bond donors (Lipinski definition) is 12. The Kier molecular flexibility index (Phi) is 19.6. The van der Waals surface area contributed by atoms with E-state index >= 15 is 0 Å². The highest BCUT2D eigenvalue weighted by Gasteiger charge is 2.68. The maximum Gasteiger partial charge on any atom is 0.217 e. The van der Waals surface area contributed by atoms with Gasteiger partial charge in [0.15, 0.2) is 30.9 Å². The molecule has 2 amide bonds. The van der Waals surface area contributed by atoms with Crippen LogP contribution in [0.1, 0.15) is 114 Å². The first-order valence-electron chi connectivity index (χ1n) is 28.4. The van der Waals surface area contributed by atoms with Gasteiger partial charge in [0.1, 0.15) is 85.3 Å². The quantitative estimate of drug-likeness (QED) is 0.0466. The molecule has 24 nitrogen and oxygen atoms in total. The van der Waals surface area contributed by atoms with E-state index in [0.29, 0.717) is 44.9 Å². The van der Waals surface area contributed by atoms with Crippen LogP contribution in [0.4, 0.5) is 0 Å². The lowest BCUT2D eigenvalue weighted by molar-refractivity contribution is -0.372. The first-order valence-corrected chi connectivity index (χ1v) is 28.4. The molecule has 0 bridgehead atoms. The summed E-state index contributed by atoms with van der Waals surface area (Å²) in [6, 6.07) is -2.94. The molecule has 0 spiro atoms. The fourth-order valence-corrected chi connectivity index (χ4v) is 15.4. The van der Waals surface area contributed by atoms with Gasteiger partial charge in [0, 0.05) is 32.8 Å². The summed E-state index contributed by atoms with van der Waals surface area (Å²) in [5.74, 6) is -1.08. The highest BCUT2D eigenvalue weighted by Crippen LogP contribution is 2.70. The molecular weight excluding hydrogens is 1050 g/mol. The second-order valence-corrected chi connectivity index (χ2v) is 25.3. The number of nitrogens with one attached hydrogen (secondary N) is 2. The highest BCUT2D eigenvalue weighted by atomic mass is 16.8. The Morgan fingerprint density at radius 2 is 1.34 bits per heavy atom. The normalized spacial score (nSPS) is 46.8. The van der Waals surface area contributed by atoms with Gasteiger partial charge in [-0.15, -0.1) is 0 Å². The molecule has 8 rings (SSSR count). The predicted octanol–water partition coefficient (Wildman–Crippen LogP) is -1.13. The summed E-state index contributed by atoms with van der Waals surface area (Å²) in [7, 11) is 1.72. The monoisotopic (exact) mass is 1140 g/mol. The molecular formula is C56H90N2O22. The lowest BCUT2D eigenvalue weighted by Crippen LogP contribution is -2.69. The van der Waals surface area contributed by atoms with Gasteiger partial charge >= 0.3 is 0 Å². The Labute approximate surface area is 467 Å². The minimum Gasteiger partial charge on any atom is -0.394 e. The van der Waals surface area contributed by atoms with Gasteiger partial charge in [-0.2, -0.15) is 0 Å². The number of carbonyl (C=O) groups is 3. The number of aliphatic hydroxyl groups excluding tert-OH is 9. The summed E-state index contributed by atoms with van der Waals surface area (Å²) in [6.07, 6.45) is -20.2. The van der Waals surface area contributed by atoms with Crippen LogP contribution in [0.25, 0.3) is 0 Å². The molecule has 0 aromatic carbocycles. The first kappa shape index (κ1) is 63.4. The van der Waals surface area contributed by atoms with Crippen LogP contribution in [0.2, 0.25) is 0 Å². The van der Waals surface area contributed by atoms with Crippen LogP contribution in [0.15, 0.2) is 22.8 Å². The van der Waals surface area contributed by atoms with Crippen molar-refractivity contribution < 1.29 is 108 Å². The van der Waals surface area contributed by atoms with Crippen molar-refractivity contribution in [1.82, 2.24) is 10.6 Å². The molecule has 4 aliphatic heterocycles. The van der Waals surface area contributed by atoms with Gasteiger partial charge in [-0.05, 0) is 105 Å². The molecule has 80 heavy (non-hydrogen) atoms. The molecule has 4 heterocycles. The van der Waals surface area contributed by atoms with Crippen molar-refractivity contribution in [2.45, 2.75) is 242 Å². The zero-order valence-corrected chi connectivity index (χ0v) is 47.7. The van der Waals surface area contributed by atoms with E-state index < -0.39 is 171 Å². The largest absolute Gasteiger partial charge is 0.394 e. The zero-order valence-electron chi connectivity index (χ0n) is 47.7. The maximum absolute atomic E-state index is 13.5. The molecule has 3 saturated carbocycles. The second-order valence-electron chi connectivity index (χ2n) is 25.3. The van der Waals surface area contributed by atoms with Gasteiger partial charge in [0.05, 0.1) is 44.2 Å². The van der Waals surface area contributed by atoms with Crippen LogP contribution >= 0.6 is 0 Å². The molecule has 24 heteroatoms. The standard InChI is InChI=1S/C56H90N2O22/c1-24(2)17-28(62)18-25(3)30-19-32(72-10)38-29-11-12-36-53(6,7)37(13-14-55(36,9)56(29,71)16-15-54(30,38)8)79-52-48(44(67)35(23-75-52)78-49-39(57-26(4)60)45(68)42(65)33(20-59)76-49)80-50-40(58-27(5)61)46(69)43(66)34(77-50)22-74-51-47(70)41(64)31(63)21-73-51/h17,25,30-37,39-52,59,63-71H,11-16,18-23H2,1-10H3,(H,57,60)(H,58,61)/t25-,30-,31-,32-,33-,34-,35-,36+,37+,39-,40-,41+,42+,43-,44+,45-,46-,47-,48-,49+,50+,51+,52+,54-,55+,56-/m1/s1. The van der Waals surface area contributed by atoms with E-state index in [1.807, 2.05) is 13.8 Å². The number of rotatable bonds is 17. The number of ether oxygens (including phenoxy) is 9. The van der Waals surface area contributed by atoms with Gasteiger partial charge in [0.2, 0.25) is 11.8 Å². The van der Waals surface area contributed by atoms with Crippen molar-refractivity contribution in [1.29, 1.82) is 0 Å². The summed E-state index contributed by atoms with van der Waals surface area (Å²) in [5.41, 5.74) is 0.309. The lowest BCUT2D eigenvalue weighted by atomic mass is 9.42. The van der Waals surface area contributed by atoms with Crippen LogP contribution in [-0.4, -0.2) is 231 Å². The average molecular weight is 1140 g/mol.